The maximum atomic E-state index is 12.3. The van der Waals surface area contributed by atoms with Crippen LogP contribution in [0.1, 0.15) is 12.8 Å². The van der Waals surface area contributed by atoms with Crippen molar-refractivity contribution >= 4 is 32.7 Å². The van der Waals surface area contributed by atoms with E-state index in [0.29, 0.717) is 0 Å². The molecule has 0 aliphatic carbocycles. The predicted octanol–water partition coefficient (Wildman–Crippen LogP) is 1.44. The van der Waals surface area contributed by atoms with Crippen LogP contribution in [0.4, 0.5) is 0 Å². The minimum atomic E-state index is -3.71. The number of carbonyl (C=O) groups excluding carboxylic acids is 1. The molecule has 0 aliphatic heterocycles. The number of sulfonamides is 1. The highest BCUT2D eigenvalue weighted by molar-refractivity contribution is 7.89. The van der Waals surface area contributed by atoms with E-state index in [0.717, 1.165) is 10.8 Å². The van der Waals surface area contributed by atoms with Gasteiger partial charge < -0.3 is 10.0 Å². The quantitative estimate of drug-likeness (QED) is 0.738. The second kappa shape index (κ2) is 8.09. The lowest BCUT2D eigenvalue weighted by Gasteiger charge is -2.16. The standard InChI is InChI=1S/C17H20N2O5S/c1-19(11-9-17(21)22)16(20)8-10-18-25(23,24)15-7-6-13-4-2-3-5-14(13)12-15/h2-7,12,18H,8-11H2,1H3,(H,21,22). The fourth-order valence-electron chi connectivity index (χ4n) is 2.29. The van der Waals surface area contributed by atoms with Crippen molar-refractivity contribution in [2.45, 2.75) is 17.7 Å². The molecule has 0 radical (unpaired) electrons. The van der Waals surface area contributed by atoms with Crippen LogP contribution < -0.4 is 4.72 Å². The topological polar surface area (TPSA) is 104 Å². The number of hydrogen-bond donors (Lipinski definition) is 2. The molecule has 134 valence electrons. The molecule has 2 aromatic rings. The maximum Gasteiger partial charge on any atom is 0.305 e. The minimum absolute atomic E-state index is 0.0388. The number of benzene rings is 2. The largest absolute Gasteiger partial charge is 0.481 e. The first-order chi connectivity index (χ1) is 11.8. The number of carboxylic acid groups (broad SMARTS) is 1. The highest BCUT2D eigenvalue weighted by Gasteiger charge is 2.16. The summed E-state index contributed by atoms with van der Waals surface area (Å²) in [6, 6.07) is 12.3. The van der Waals surface area contributed by atoms with E-state index >= 15 is 0 Å². The third kappa shape index (κ3) is 5.27. The Labute approximate surface area is 146 Å². The lowest BCUT2D eigenvalue weighted by atomic mass is 10.1. The van der Waals surface area contributed by atoms with E-state index < -0.39 is 16.0 Å². The molecular formula is C17H20N2O5S. The highest BCUT2D eigenvalue weighted by atomic mass is 32.2. The third-order valence-electron chi connectivity index (χ3n) is 3.75. The Morgan fingerprint density at radius 3 is 2.44 bits per heavy atom. The molecule has 0 aliphatic rings. The average molecular weight is 364 g/mol. The zero-order valence-electron chi connectivity index (χ0n) is 13.8. The third-order valence-corrected chi connectivity index (χ3v) is 5.21. The molecule has 0 unspecified atom stereocenters. The molecule has 0 saturated heterocycles. The molecule has 8 heteroatoms. The Morgan fingerprint density at radius 1 is 1.08 bits per heavy atom. The molecule has 2 aromatic carbocycles. The zero-order chi connectivity index (χ0) is 18.4. The second-order valence-corrected chi connectivity index (χ2v) is 7.38. The monoisotopic (exact) mass is 364 g/mol. The first kappa shape index (κ1) is 18.9. The number of amides is 1. The summed E-state index contributed by atoms with van der Waals surface area (Å²) in [4.78, 5) is 23.8. The number of aliphatic carboxylic acids is 1. The van der Waals surface area contributed by atoms with Crippen LogP contribution in [-0.2, 0) is 19.6 Å². The van der Waals surface area contributed by atoms with Crippen molar-refractivity contribution in [3.05, 3.63) is 42.5 Å². The number of hydrogen-bond acceptors (Lipinski definition) is 4. The molecule has 0 spiro atoms. The lowest BCUT2D eigenvalue weighted by molar-refractivity contribution is -0.138. The molecule has 2 N–H and O–H groups in total. The Kier molecular flexibility index (Phi) is 6.11. The van der Waals surface area contributed by atoms with Crippen LogP contribution in [-0.4, -0.2) is 50.4 Å². The van der Waals surface area contributed by atoms with E-state index in [1.165, 1.54) is 18.0 Å². The summed E-state index contributed by atoms with van der Waals surface area (Å²) in [7, 11) is -2.22. The summed E-state index contributed by atoms with van der Waals surface area (Å²) in [6.07, 6.45) is -0.187. The average Bonchev–Trinajstić information content (AvgIpc) is 2.58. The van der Waals surface area contributed by atoms with Crippen molar-refractivity contribution in [1.29, 1.82) is 0 Å². The van der Waals surface area contributed by atoms with Crippen LogP contribution in [0.15, 0.2) is 47.4 Å². The Balaban J connectivity index is 1.94. The van der Waals surface area contributed by atoms with Gasteiger partial charge in [-0.1, -0.05) is 30.3 Å². The van der Waals surface area contributed by atoms with Gasteiger partial charge >= 0.3 is 5.97 Å². The SMILES string of the molecule is CN(CCC(=O)O)C(=O)CCNS(=O)(=O)c1ccc2ccccc2c1. The Morgan fingerprint density at radius 2 is 1.76 bits per heavy atom. The van der Waals surface area contributed by atoms with Crippen LogP contribution in [0.25, 0.3) is 10.8 Å². The van der Waals surface area contributed by atoms with Gasteiger partial charge in [0.2, 0.25) is 15.9 Å². The van der Waals surface area contributed by atoms with Gasteiger partial charge in [0, 0.05) is 26.6 Å². The van der Waals surface area contributed by atoms with Gasteiger partial charge in [-0.05, 0) is 22.9 Å². The number of nitrogens with zero attached hydrogens (tertiary/aromatic N) is 1. The van der Waals surface area contributed by atoms with Crippen molar-refractivity contribution in [1.82, 2.24) is 9.62 Å². The molecule has 2 rings (SSSR count). The number of nitrogens with one attached hydrogen (secondary N) is 1. The predicted molar refractivity (Wildman–Crippen MR) is 93.6 cm³/mol. The van der Waals surface area contributed by atoms with Crippen molar-refractivity contribution in [3.63, 3.8) is 0 Å². The van der Waals surface area contributed by atoms with Gasteiger partial charge in [-0.3, -0.25) is 9.59 Å². The van der Waals surface area contributed by atoms with Gasteiger partial charge in [0.05, 0.1) is 11.3 Å². The summed E-state index contributed by atoms with van der Waals surface area (Å²) in [6.45, 7) is 0.0387. The van der Waals surface area contributed by atoms with Crippen LogP contribution in [0, 0.1) is 0 Å². The summed E-state index contributed by atoms with van der Waals surface area (Å²) in [5.41, 5.74) is 0. The van der Waals surface area contributed by atoms with E-state index in [1.54, 1.807) is 12.1 Å². The maximum absolute atomic E-state index is 12.3. The van der Waals surface area contributed by atoms with Crippen molar-refractivity contribution in [2.75, 3.05) is 20.1 Å². The summed E-state index contributed by atoms with van der Waals surface area (Å²) in [5, 5.41) is 10.4. The van der Waals surface area contributed by atoms with Crippen molar-refractivity contribution < 1.29 is 23.1 Å². The van der Waals surface area contributed by atoms with E-state index in [1.807, 2.05) is 24.3 Å². The van der Waals surface area contributed by atoms with Gasteiger partial charge in [-0.15, -0.1) is 0 Å². The van der Waals surface area contributed by atoms with Gasteiger partial charge in [0.15, 0.2) is 0 Å². The number of fused-ring (bicyclic) bond motifs is 1. The molecule has 1 amide bonds. The zero-order valence-corrected chi connectivity index (χ0v) is 14.6. The van der Waals surface area contributed by atoms with Gasteiger partial charge in [0.1, 0.15) is 0 Å². The fourth-order valence-corrected chi connectivity index (χ4v) is 3.36. The van der Waals surface area contributed by atoms with Gasteiger partial charge in [-0.25, -0.2) is 13.1 Å². The number of rotatable bonds is 8. The lowest BCUT2D eigenvalue weighted by Crippen LogP contribution is -2.33. The molecular weight excluding hydrogens is 344 g/mol. The fraction of sp³-hybridized carbons (Fsp3) is 0.294. The molecule has 7 nitrogen and oxygen atoms in total. The van der Waals surface area contributed by atoms with Crippen LogP contribution >= 0.6 is 0 Å². The van der Waals surface area contributed by atoms with Gasteiger partial charge in [-0.2, -0.15) is 0 Å². The first-order valence-electron chi connectivity index (χ1n) is 7.74. The second-order valence-electron chi connectivity index (χ2n) is 5.62. The number of carbonyl (C=O) groups is 2. The molecule has 0 bridgehead atoms. The molecule has 0 saturated carbocycles. The van der Waals surface area contributed by atoms with E-state index in [9.17, 15) is 18.0 Å². The summed E-state index contributed by atoms with van der Waals surface area (Å²) < 4.78 is 27.1. The van der Waals surface area contributed by atoms with Crippen molar-refractivity contribution in [3.8, 4) is 0 Å². The van der Waals surface area contributed by atoms with E-state index in [2.05, 4.69) is 4.72 Å². The first-order valence-corrected chi connectivity index (χ1v) is 9.22. The molecule has 25 heavy (non-hydrogen) atoms. The summed E-state index contributed by atoms with van der Waals surface area (Å²) in [5.74, 6) is -1.31. The van der Waals surface area contributed by atoms with Crippen LogP contribution in [0.5, 0.6) is 0 Å². The normalized spacial score (nSPS) is 11.4. The molecule has 0 aromatic heterocycles. The van der Waals surface area contributed by atoms with Gasteiger partial charge in [0.25, 0.3) is 0 Å². The van der Waals surface area contributed by atoms with E-state index in [-0.39, 0.29) is 36.7 Å². The molecule has 0 heterocycles. The van der Waals surface area contributed by atoms with Crippen LogP contribution in [0.3, 0.4) is 0 Å². The molecule has 0 atom stereocenters. The van der Waals surface area contributed by atoms with E-state index in [4.69, 9.17) is 5.11 Å². The van der Waals surface area contributed by atoms with Crippen molar-refractivity contribution in [2.24, 2.45) is 0 Å². The molecule has 0 fully saturated rings. The van der Waals surface area contributed by atoms with Crippen LogP contribution in [0.2, 0.25) is 0 Å². The smallest absolute Gasteiger partial charge is 0.305 e. The minimum Gasteiger partial charge on any atom is -0.481 e. The highest BCUT2D eigenvalue weighted by Crippen LogP contribution is 2.18. The Hall–Kier alpha value is -2.45. The Bertz CT molecular complexity index is 879. The number of carboxylic acids is 1. The summed E-state index contributed by atoms with van der Waals surface area (Å²) >= 11 is 0.